The number of rotatable bonds is 6. The Labute approximate surface area is 302 Å². The number of hydrogen-bond acceptors (Lipinski definition) is 2. The zero-order valence-electron chi connectivity index (χ0n) is 28.4. The van der Waals surface area contributed by atoms with Gasteiger partial charge in [-0.15, -0.1) is 0 Å². The maximum absolute atomic E-state index is 6.32. The highest BCUT2D eigenvalue weighted by atomic mass is 16.3. The summed E-state index contributed by atoms with van der Waals surface area (Å²) in [5.74, 6) is 0.853. The Kier molecular flexibility index (Phi) is 7.18. The summed E-state index contributed by atoms with van der Waals surface area (Å²) in [5, 5.41) is 8.62. The number of para-hydroxylation sites is 1. The quantitative estimate of drug-likeness (QED) is 0.165. The maximum Gasteiger partial charge on any atom is 0.135 e. The molecule has 0 saturated carbocycles. The third-order valence-corrected chi connectivity index (χ3v) is 10.2. The van der Waals surface area contributed by atoms with Gasteiger partial charge in [-0.3, -0.25) is 0 Å². The SMILES string of the molecule is c1cc(-c2ccc3ccccc3c2)cc(N(c2ccc(-c3cc4ccccc4c4ccccc34)cc2)c2cccc(-c3cc4ccccc4o3)c2)c1. The molecule has 0 spiro atoms. The van der Waals surface area contributed by atoms with Gasteiger partial charge >= 0.3 is 0 Å². The van der Waals surface area contributed by atoms with Crippen LogP contribution in [0.3, 0.4) is 0 Å². The largest absolute Gasteiger partial charge is 0.456 e. The van der Waals surface area contributed by atoms with Crippen LogP contribution >= 0.6 is 0 Å². The van der Waals surface area contributed by atoms with Gasteiger partial charge in [0.05, 0.1) is 0 Å². The topological polar surface area (TPSA) is 16.4 Å². The van der Waals surface area contributed by atoms with Gasteiger partial charge in [0.25, 0.3) is 0 Å². The van der Waals surface area contributed by atoms with Crippen molar-refractivity contribution in [3.63, 3.8) is 0 Å². The van der Waals surface area contributed by atoms with Gasteiger partial charge in [-0.1, -0.05) is 140 Å². The van der Waals surface area contributed by atoms with E-state index in [-0.39, 0.29) is 0 Å². The van der Waals surface area contributed by atoms with E-state index in [4.69, 9.17) is 4.42 Å². The lowest BCUT2D eigenvalue weighted by atomic mass is 9.93. The number of anilines is 3. The fourth-order valence-corrected chi connectivity index (χ4v) is 7.65. The van der Waals surface area contributed by atoms with Crippen LogP contribution in [-0.4, -0.2) is 0 Å². The van der Waals surface area contributed by atoms with Crippen molar-refractivity contribution in [3.05, 3.63) is 200 Å². The molecule has 0 aliphatic heterocycles. The van der Waals surface area contributed by atoms with Gasteiger partial charge in [-0.05, 0) is 115 Å². The van der Waals surface area contributed by atoms with Gasteiger partial charge in [-0.25, -0.2) is 0 Å². The lowest BCUT2D eigenvalue weighted by Crippen LogP contribution is -2.10. The molecule has 1 aromatic heterocycles. The molecular formula is C50H33NO. The standard InChI is InChI=1S/C50H33NO/c1-2-12-36-29-38(24-23-34(36)11-1)37-15-9-17-43(30-37)51(44-18-10-16-40(31-44)50-33-41-14-4-8-22-49(41)52-50)42-27-25-35(26-28-42)48-32-39-13-3-5-19-45(39)46-20-6-7-21-47(46)48/h1-33H. The van der Waals surface area contributed by atoms with Crippen LogP contribution in [0.4, 0.5) is 17.1 Å². The van der Waals surface area contributed by atoms with Crippen LogP contribution in [0.5, 0.6) is 0 Å². The molecule has 0 unspecified atom stereocenters. The van der Waals surface area contributed by atoms with Crippen molar-refractivity contribution in [2.75, 3.05) is 4.90 Å². The van der Waals surface area contributed by atoms with E-state index in [9.17, 15) is 0 Å². The number of fused-ring (bicyclic) bond motifs is 5. The highest BCUT2D eigenvalue weighted by Crippen LogP contribution is 2.41. The molecule has 9 aromatic carbocycles. The van der Waals surface area contributed by atoms with E-state index < -0.39 is 0 Å². The zero-order valence-corrected chi connectivity index (χ0v) is 28.4. The summed E-state index contributed by atoms with van der Waals surface area (Å²) < 4.78 is 6.32. The molecule has 0 saturated heterocycles. The predicted octanol–water partition coefficient (Wildman–Crippen LogP) is 14.4. The first-order valence-electron chi connectivity index (χ1n) is 17.7. The third kappa shape index (κ3) is 5.30. The van der Waals surface area contributed by atoms with E-state index in [1.807, 2.05) is 18.2 Å². The van der Waals surface area contributed by atoms with Crippen molar-refractivity contribution in [3.8, 4) is 33.6 Å². The van der Waals surface area contributed by atoms with Crippen molar-refractivity contribution in [2.24, 2.45) is 0 Å². The minimum atomic E-state index is 0.853. The first-order valence-corrected chi connectivity index (χ1v) is 17.7. The van der Waals surface area contributed by atoms with Crippen LogP contribution in [0.2, 0.25) is 0 Å². The Hall–Kier alpha value is -6.90. The average molecular weight is 664 g/mol. The second-order valence-electron chi connectivity index (χ2n) is 13.4. The van der Waals surface area contributed by atoms with E-state index in [1.165, 1.54) is 54.6 Å². The molecule has 0 aliphatic carbocycles. The van der Waals surface area contributed by atoms with E-state index in [1.54, 1.807) is 0 Å². The highest BCUT2D eigenvalue weighted by molar-refractivity contribution is 6.13. The molecule has 2 nitrogen and oxygen atoms in total. The second kappa shape index (κ2) is 12.5. The lowest BCUT2D eigenvalue weighted by Gasteiger charge is -2.27. The van der Waals surface area contributed by atoms with Gasteiger partial charge in [0.15, 0.2) is 0 Å². The highest BCUT2D eigenvalue weighted by Gasteiger charge is 2.17. The van der Waals surface area contributed by atoms with E-state index in [0.717, 1.165) is 39.4 Å². The van der Waals surface area contributed by atoms with Gasteiger partial charge in [0.2, 0.25) is 0 Å². The summed E-state index contributed by atoms with van der Waals surface area (Å²) in [6.45, 7) is 0. The second-order valence-corrected chi connectivity index (χ2v) is 13.4. The molecule has 0 atom stereocenters. The van der Waals surface area contributed by atoms with Gasteiger partial charge in [0, 0.05) is 28.0 Å². The summed E-state index contributed by atoms with van der Waals surface area (Å²) in [5.41, 5.74) is 9.91. The van der Waals surface area contributed by atoms with Crippen molar-refractivity contribution in [2.45, 2.75) is 0 Å². The van der Waals surface area contributed by atoms with Crippen LogP contribution in [-0.2, 0) is 0 Å². The maximum atomic E-state index is 6.32. The summed E-state index contributed by atoms with van der Waals surface area (Å²) in [7, 11) is 0. The number of benzene rings is 9. The van der Waals surface area contributed by atoms with Gasteiger partial charge < -0.3 is 9.32 Å². The van der Waals surface area contributed by atoms with E-state index >= 15 is 0 Å². The molecule has 10 aromatic rings. The fraction of sp³-hybridized carbons (Fsp3) is 0. The van der Waals surface area contributed by atoms with Crippen molar-refractivity contribution >= 4 is 60.3 Å². The van der Waals surface area contributed by atoms with Crippen LogP contribution in [0.1, 0.15) is 0 Å². The van der Waals surface area contributed by atoms with Gasteiger partial charge in [-0.2, -0.15) is 0 Å². The van der Waals surface area contributed by atoms with Crippen molar-refractivity contribution in [1.82, 2.24) is 0 Å². The number of hydrogen-bond donors (Lipinski definition) is 0. The molecule has 1 heterocycles. The van der Waals surface area contributed by atoms with E-state index in [0.29, 0.717) is 0 Å². The Morgan fingerprint density at radius 2 is 0.904 bits per heavy atom. The summed E-state index contributed by atoms with van der Waals surface area (Å²) >= 11 is 0. The van der Waals surface area contributed by atoms with Crippen LogP contribution < -0.4 is 4.90 Å². The molecule has 0 bridgehead atoms. The minimum absolute atomic E-state index is 0.853. The first kappa shape index (κ1) is 30.0. The number of furan rings is 1. The van der Waals surface area contributed by atoms with Gasteiger partial charge in [0.1, 0.15) is 11.3 Å². The molecule has 244 valence electrons. The summed E-state index contributed by atoms with van der Waals surface area (Å²) in [6, 6.07) is 71.8. The van der Waals surface area contributed by atoms with Crippen LogP contribution in [0, 0.1) is 0 Å². The Morgan fingerprint density at radius 1 is 0.308 bits per heavy atom. The van der Waals surface area contributed by atoms with E-state index in [2.05, 4.69) is 187 Å². The number of nitrogens with zero attached hydrogens (tertiary/aromatic N) is 1. The predicted molar refractivity (Wildman–Crippen MR) is 220 cm³/mol. The first-order chi connectivity index (χ1) is 25.7. The minimum Gasteiger partial charge on any atom is -0.456 e. The normalized spacial score (nSPS) is 11.5. The monoisotopic (exact) mass is 663 g/mol. The van der Waals surface area contributed by atoms with Crippen LogP contribution in [0.15, 0.2) is 205 Å². The third-order valence-electron chi connectivity index (χ3n) is 10.2. The smallest absolute Gasteiger partial charge is 0.135 e. The Bertz CT molecular complexity index is 2880. The van der Waals surface area contributed by atoms with Crippen LogP contribution in [0.25, 0.3) is 76.9 Å². The summed E-state index contributed by atoms with van der Waals surface area (Å²) in [4.78, 5) is 2.35. The Balaban J connectivity index is 1.11. The summed E-state index contributed by atoms with van der Waals surface area (Å²) in [6.07, 6.45) is 0. The van der Waals surface area contributed by atoms with Crippen molar-refractivity contribution in [1.29, 1.82) is 0 Å². The molecule has 0 amide bonds. The molecule has 0 N–H and O–H groups in total. The Morgan fingerprint density at radius 3 is 1.69 bits per heavy atom. The molecule has 0 fully saturated rings. The lowest BCUT2D eigenvalue weighted by molar-refractivity contribution is 0.631. The fourth-order valence-electron chi connectivity index (χ4n) is 7.65. The molecular weight excluding hydrogens is 631 g/mol. The zero-order chi connectivity index (χ0) is 34.4. The van der Waals surface area contributed by atoms with Crippen molar-refractivity contribution < 1.29 is 4.42 Å². The molecule has 2 heteroatoms. The molecule has 0 radical (unpaired) electrons. The average Bonchev–Trinajstić information content (AvgIpc) is 3.66. The molecule has 10 rings (SSSR count). The molecule has 52 heavy (non-hydrogen) atoms. The molecule has 0 aliphatic rings.